The zero-order valence-electron chi connectivity index (χ0n) is 14.4. The van der Waals surface area contributed by atoms with E-state index in [1.54, 1.807) is 0 Å². The zero-order chi connectivity index (χ0) is 16.3. The molecule has 3 amide bonds. The molecular weight excluding hydrogens is 266 g/mol. The van der Waals surface area contributed by atoms with Crippen LogP contribution in [0.3, 0.4) is 0 Å². The number of rotatable bonds is 2. The van der Waals surface area contributed by atoms with Gasteiger partial charge in [-0.15, -0.1) is 0 Å². The molecule has 0 unspecified atom stereocenters. The molecular formula is C16H31N3O2. The first-order valence-corrected chi connectivity index (χ1v) is 7.83. The van der Waals surface area contributed by atoms with Crippen molar-refractivity contribution in [2.75, 3.05) is 19.6 Å². The summed E-state index contributed by atoms with van der Waals surface area (Å²) in [6.07, 6.45) is 1.65. The van der Waals surface area contributed by atoms with Crippen LogP contribution in [-0.2, 0) is 4.79 Å². The first kappa shape index (κ1) is 17.8. The van der Waals surface area contributed by atoms with Crippen molar-refractivity contribution in [1.82, 2.24) is 15.5 Å². The van der Waals surface area contributed by atoms with E-state index in [0.717, 1.165) is 12.8 Å². The van der Waals surface area contributed by atoms with Crippen LogP contribution in [0.25, 0.3) is 0 Å². The third kappa shape index (κ3) is 6.36. The molecule has 5 nitrogen and oxygen atoms in total. The number of nitrogens with zero attached hydrogens (tertiary/aromatic N) is 1. The first-order chi connectivity index (χ1) is 9.49. The van der Waals surface area contributed by atoms with E-state index in [2.05, 4.69) is 31.4 Å². The summed E-state index contributed by atoms with van der Waals surface area (Å²) in [4.78, 5) is 25.9. The Morgan fingerprint density at radius 2 is 1.57 bits per heavy atom. The fourth-order valence-electron chi connectivity index (χ4n) is 2.08. The third-order valence-electron chi connectivity index (χ3n) is 3.57. The molecule has 1 rings (SSSR count). The highest BCUT2D eigenvalue weighted by atomic mass is 16.2. The predicted octanol–water partition coefficient (Wildman–Crippen LogP) is 2.37. The molecule has 0 aromatic carbocycles. The van der Waals surface area contributed by atoms with Crippen LogP contribution in [-0.4, -0.2) is 42.5 Å². The van der Waals surface area contributed by atoms with E-state index in [1.165, 1.54) is 0 Å². The summed E-state index contributed by atoms with van der Waals surface area (Å²) in [5.41, 5.74) is -0.268. The minimum atomic E-state index is -0.360. The van der Waals surface area contributed by atoms with Crippen LogP contribution in [0.15, 0.2) is 0 Å². The number of likely N-dealkylation sites (tertiary alicyclic amines) is 1. The lowest BCUT2D eigenvalue weighted by molar-refractivity contribution is -0.129. The molecule has 0 aromatic heterocycles. The van der Waals surface area contributed by atoms with E-state index in [4.69, 9.17) is 0 Å². The Kier molecular flexibility index (Phi) is 5.65. The number of amides is 3. The van der Waals surface area contributed by atoms with Crippen LogP contribution < -0.4 is 10.6 Å². The van der Waals surface area contributed by atoms with Gasteiger partial charge in [-0.25, -0.2) is 4.79 Å². The van der Waals surface area contributed by atoms with Gasteiger partial charge >= 0.3 is 6.03 Å². The highest BCUT2D eigenvalue weighted by molar-refractivity contribution is 5.81. The molecule has 21 heavy (non-hydrogen) atoms. The molecule has 5 heteroatoms. The lowest BCUT2D eigenvalue weighted by Gasteiger charge is -2.34. The van der Waals surface area contributed by atoms with Crippen LogP contribution in [0.2, 0.25) is 0 Å². The van der Waals surface area contributed by atoms with E-state index in [0.29, 0.717) is 19.6 Å². The number of hydrogen-bond donors (Lipinski definition) is 2. The van der Waals surface area contributed by atoms with Gasteiger partial charge < -0.3 is 15.5 Å². The summed E-state index contributed by atoms with van der Waals surface area (Å²) >= 11 is 0. The lowest BCUT2D eigenvalue weighted by Crippen LogP contribution is -2.51. The minimum absolute atomic E-state index is 0.00511. The number of piperidine rings is 1. The van der Waals surface area contributed by atoms with Crippen LogP contribution >= 0.6 is 0 Å². The van der Waals surface area contributed by atoms with E-state index in [1.807, 2.05) is 25.7 Å². The molecule has 2 N–H and O–H groups in total. The molecule has 0 saturated carbocycles. The molecule has 0 bridgehead atoms. The SMILES string of the molecule is CC(C)(C)CNC(=O)N1CCC(NC(=O)C(C)(C)C)CC1. The fraction of sp³-hybridized carbons (Fsp3) is 0.875. The van der Waals surface area contributed by atoms with Gasteiger partial charge in [-0.2, -0.15) is 0 Å². The Balaban J connectivity index is 2.35. The molecule has 1 aliphatic rings. The molecule has 1 fully saturated rings. The van der Waals surface area contributed by atoms with Crippen LogP contribution in [0, 0.1) is 10.8 Å². The lowest BCUT2D eigenvalue weighted by atomic mass is 9.94. The topological polar surface area (TPSA) is 61.4 Å². The Labute approximate surface area is 128 Å². The van der Waals surface area contributed by atoms with Crippen molar-refractivity contribution in [1.29, 1.82) is 0 Å². The molecule has 0 aromatic rings. The minimum Gasteiger partial charge on any atom is -0.353 e. The summed E-state index contributed by atoms with van der Waals surface area (Å²) in [7, 11) is 0. The van der Waals surface area contributed by atoms with Crippen LogP contribution in [0.5, 0.6) is 0 Å². The number of urea groups is 1. The van der Waals surface area contributed by atoms with Crippen LogP contribution in [0.1, 0.15) is 54.4 Å². The quantitative estimate of drug-likeness (QED) is 0.822. The van der Waals surface area contributed by atoms with Crippen molar-refractivity contribution in [2.24, 2.45) is 10.8 Å². The monoisotopic (exact) mass is 297 g/mol. The van der Waals surface area contributed by atoms with Gasteiger partial charge in [-0.1, -0.05) is 41.5 Å². The van der Waals surface area contributed by atoms with Crippen molar-refractivity contribution in [3.63, 3.8) is 0 Å². The number of nitrogens with one attached hydrogen (secondary N) is 2. The maximum atomic E-state index is 12.1. The Morgan fingerprint density at radius 3 is 2.00 bits per heavy atom. The van der Waals surface area contributed by atoms with Crippen molar-refractivity contribution in [2.45, 2.75) is 60.4 Å². The average molecular weight is 297 g/mol. The highest BCUT2D eigenvalue weighted by Crippen LogP contribution is 2.17. The zero-order valence-corrected chi connectivity index (χ0v) is 14.4. The Morgan fingerprint density at radius 1 is 1.05 bits per heavy atom. The van der Waals surface area contributed by atoms with Gasteiger partial charge in [0.25, 0.3) is 0 Å². The first-order valence-electron chi connectivity index (χ1n) is 7.83. The Bertz CT molecular complexity index is 372. The molecule has 0 spiro atoms. The molecule has 122 valence electrons. The second-order valence-corrected chi connectivity index (χ2v) is 8.20. The summed E-state index contributed by atoms with van der Waals surface area (Å²) in [5, 5.41) is 6.05. The molecule has 1 saturated heterocycles. The maximum absolute atomic E-state index is 12.1. The van der Waals surface area contributed by atoms with E-state index in [9.17, 15) is 9.59 Å². The fourth-order valence-corrected chi connectivity index (χ4v) is 2.08. The van der Waals surface area contributed by atoms with Gasteiger partial charge in [-0.3, -0.25) is 4.79 Å². The van der Waals surface area contributed by atoms with Gasteiger partial charge in [0.1, 0.15) is 0 Å². The average Bonchev–Trinajstić information content (AvgIpc) is 2.35. The smallest absolute Gasteiger partial charge is 0.317 e. The number of carbonyl (C=O) groups is 2. The van der Waals surface area contributed by atoms with Gasteiger partial charge in [0.15, 0.2) is 0 Å². The largest absolute Gasteiger partial charge is 0.353 e. The Hall–Kier alpha value is -1.26. The van der Waals surface area contributed by atoms with Gasteiger partial charge in [0.2, 0.25) is 5.91 Å². The second kappa shape index (κ2) is 6.67. The summed E-state index contributed by atoms with van der Waals surface area (Å²) in [5.74, 6) is 0.0816. The molecule has 0 radical (unpaired) electrons. The van der Waals surface area contributed by atoms with Crippen molar-refractivity contribution >= 4 is 11.9 Å². The summed E-state index contributed by atoms with van der Waals surface area (Å²) in [6.45, 7) is 14.1. The highest BCUT2D eigenvalue weighted by Gasteiger charge is 2.28. The van der Waals surface area contributed by atoms with Gasteiger partial charge in [0, 0.05) is 31.1 Å². The van der Waals surface area contributed by atoms with Crippen molar-refractivity contribution in [3.05, 3.63) is 0 Å². The van der Waals surface area contributed by atoms with Crippen molar-refractivity contribution < 1.29 is 9.59 Å². The molecule has 0 atom stereocenters. The molecule has 0 aliphatic carbocycles. The van der Waals surface area contributed by atoms with Crippen LogP contribution in [0.4, 0.5) is 4.79 Å². The predicted molar refractivity (Wildman–Crippen MR) is 85.0 cm³/mol. The summed E-state index contributed by atoms with van der Waals surface area (Å²) in [6, 6.07) is 0.189. The van der Waals surface area contributed by atoms with Crippen molar-refractivity contribution in [3.8, 4) is 0 Å². The number of carbonyl (C=O) groups excluding carboxylic acids is 2. The number of hydrogen-bond acceptors (Lipinski definition) is 2. The van der Waals surface area contributed by atoms with E-state index in [-0.39, 0.29) is 28.8 Å². The summed E-state index contributed by atoms with van der Waals surface area (Å²) < 4.78 is 0. The van der Waals surface area contributed by atoms with E-state index >= 15 is 0 Å². The maximum Gasteiger partial charge on any atom is 0.317 e. The van der Waals surface area contributed by atoms with E-state index < -0.39 is 0 Å². The molecule has 1 heterocycles. The standard InChI is InChI=1S/C16H31N3O2/c1-15(2,3)11-17-14(21)19-9-7-12(8-10-19)18-13(20)16(4,5)6/h12H,7-11H2,1-6H3,(H,17,21)(H,18,20). The second-order valence-electron chi connectivity index (χ2n) is 8.20. The van der Waals surface area contributed by atoms with Gasteiger partial charge in [0.05, 0.1) is 0 Å². The normalized spacial score (nSPS) is 17.5. The molecule has 1 aliphatic heterocycles. The van der Waals surface area contributed by atoms with Gasteiger partial charge in [-0.05, 0) is 18.3 Å². The third-order valence-corrected chi connectivity index (χ3v) is 3.57.